The molecule has 0 saturated carbocycles. The maximum atomic E-state index is 5.31. The van der Waals surface area contributed by atoms with Gasteiger partial charge in [-0.05, 0) is 6.42 Å². The Morgan fingerprint density at radius 1 is 1.62 bits per heavy atom. The molecule has 1 rings (SSSR count). The number of hydrogen-bond donors (Lipinski definition) is 2. The number of aromatic nitrogens is 1. The molecular formula is C9H15N3S. The van der Waals surface area contributed by atoms with Crippen LogP contribution in [0.4, 0.5) is 5.13 Å². The van der Waals surface area contributed by atoms with Gasteiger partial charge in [0.1, 0.15) is 0 Å². The van der Waals surface area contributed by atoms with Crippen LogP contribution in [0.5, 0.6) is 0 Å². The van der Waals surface area contributed by atoms with E-state index in [1.807, 2.05) is 12.2 Å². The van der Waals surface area contributed by atoms with E-state index in [0.29, 0.717) is 6.54 Å². The fourth-order valence-corrected chi connectivity index (χ4v) is 1.68. The zero-order valence-corrected chi connectivity index (χ0v) is 8.60. The molecule has 0 bridgehead atoms. The molecule has 0 aliphatic heterocycles. The molecule has 0 spiro atoms. The van der Waals surface area contributed by atoms with Crippen LogP contribution in [0.15, 0.2) is 17.5 Å². The van der Waals surface area contributed by atoms with Crippen molar-refractivity contribution < 1.29 is 0 Å². The number of rotatable bonds is 5. The van der Waals surface area contributed by atoms with Crippen molar-refractivity contribution in [3.05, 3.63) is 23.2 Å². The number of nitrogens with zero attached hydrogens (tertiary/aromatic N) is 1. The fourth-order valence-electron chi connectivity index (χ4n) is 0.876. The Hall–Kier alpha value is -0.870. The molecule has 0 aliphatic carbocycles. The number of nitrogens with two attached hydrogens (primary N) is 1. The van der Waals surface area contributed by atoms with Crippen molar-refractivity contribution in [3.63, 3.8) is 0 Å². The van der Waals surface area contributed by atoms with Crippen molar-refractivity contribution >= 4 is 16.5 Å². The molecule has 0 fully saturated rings. The second kappa shape index (κ2) is 5.72. The third-order valence-corrected chi connectivity index (χ3v) is 2.44. The molecule has 1 heterocycles. The molecule has 72 valence electrons. The van der Waals surface area contributed by atoms with Crippen molar-refractivity contribution in [3.8, 4) is 0 Å². The second-order valence-electron chi connectivity index (χ2n) is 2.59. The lowest BCUT2D eigenvalue weighted by molar-refractivity contribution is 1.06. The van der Waals surface area contributed by atoms with E-state index >= 15 is 0 Å². The van der Waals surface area contributed by atoms with E-state index in [1.54, 1.807) is 11.3 Å². The van der Waals surface area contributed by atoms with Crippen LogP contribution >= 0.6 is 11.3 Å². The number of anilines is 1. The summed E-state index contributed by atoms with van der Waals surface area (Å²) in [5.74, 6) is 0. The van der Waals surface area contributed by atoms with Gasteiger partial charge in [0.15, 0.2) is 5.13 Å². The molecule has 1 aromatic heterocycles. The number of hydrogen-bond acceptors (Lipinski definition) is 4. The van der Waals surface area contributed by atoms with Crippen LogP contribution < -0.4 is 11.1 Å². The molecule has 0 atom stereocenters. The molecule has 1 aromatic rings. The van der Waals surface area contributed by atoms with Crippen LogP contribution in [0.3, 0.4) is 0 Å². The summed E-state index contributed by atoms with van der Waals surface area (Å²) in [5, 5.41) is 6.26. The van der Waals surface area contributed by atoms with Crippen molar-refractivity contribution in [2.24, 2.45) is 5.73 Å². The highest BCUT2D eigenvalue weighted by molar-refractivity contribution is 7.13. The number of nitrogens with one attached hydrogen (secondary N) is 1. The van der Waals surface area contributed by atoms with Gasteiger partial charge in [-0.1, -0.05) is 19.1 Å². The third kappa shape index (κ3) is 3.57. The lowest BCUT2D eigenvalue weighted by Crippen LogP contribution is -1.99. The quantitative estimate of drug-likeness (QED) is 0.705. The minimum Gasteiger partial charge on any atom is -0.358 e. The lowest BCUT2D eigenvalue weighted by Gasteiger charge is -1.95. The largest absolute Gasteiger partial charge is 0.358 e. The topological polar surface area (TPSA) is 50.9 Å². The summed E-state index contributed by atoms with van der Waals surface area (Å²) in [7, 11) is 0. The van der Waals surface area contributed by atoms with Gasteiger partial charge in [-0.3, -0.25) is 0 Å². The minimum absolute atomic E-state index is 0.597. The maximum Gasteiger partial charge on any atom is 0.183 e. The van der Waals surface area contributed by atoms with Crippen LogP contribution in [-0.4, -0.2) is 18.1 Å². The first-order chi connectivity index (χ1) is 6.36. The van der Waals surface area contributed by atoms with Gasteiger partial charge in [0.05, 0.1) is 5.69 Å². The average Bonchev–Trinajstić information content (AvgIpc) is 2.60. The van der Waals surface area contributed by atoms with Gasteiger partial charge in [-0.15, -0.1) is 11.3 Å². The molecule has 3 N–H and O–H groups in total. The summed E-state index contributed by atoms with van der Waals surface area (Å²) in [5.41, 5.74) is 6.45. The van der Waals surface area contributed by atoms with Gasteiger partial charge in [0.2, 0.25) is 0 Å². The third-order valence-electron chi connectivity index (χ3n) is 1.59. The SMILES string of the molecule is CCc1csc(NC/C=C/CN)n1. The predicted octanol–water partition coefficient (Wildman–Crippen LogP) is 1.63. The summed E-state index contributed by atoms with van der Waals surface area (Å²) in [6, 6.07) is 0. The summed E-state index contributed by atoms with van der Waals surface area (Å²) in [6.07, 6.45) is 4.94. The first kappa shape index (κ1) is 10.2. The Morgan fingerprint density at radius 2 is 2.46 bits per heavy atom. The monoisotopic (exact) mass is 197 g/mol. The van der Waals surface area contributed by atoms with Gasteiger partial charge < -0.3 is 11.1 Å². The van der Waals surface area contributed by atoms with Crippen molar-refractivity contribution in [2.45, 2.75) is 13.3 Å². The highest BCUT2D eigenvalue weighted by atomic mass is 32.1. The Labute approximate surface area is 82.7 Å². The maximum absolute atomic E-state index is 5.31. The molecule has 0 amide bonds. The molecular weight excluding hydrogens is 182 g/mol. The van der Waals surface area contributed by atoms with E-state index in [0.717, 1.165) is 23.8 Å². The first-order valence-corrected chi connectivity index (χ1v) is 5.28. The summed E-state index contributed by atoms with van der Waals surface area (Å²) in [4.78, 5) is 4.37. The predicted molar refractivity (Wildman–Crippen MR) is 58.2 cm³/mol. The molecule has 0 radical (unpaired) electrons. The minimum atomic E-state index is 0.597. The first-order valence-electron chi connectivity index (χ1n) is 4.40. The average molecular weight is 197 g/mol. The number of aryl methyl sites for hydroxylation is 1. The summed E-state index contributed by atoms with van der Waals surface area (Å²) < 4.78 is 0. The second-order valence-corrected chi connectivity index (χ2v) is 3.44. The standard InChI is InChI=1S/C9H15N3S/c1-2-8-7-13-9(12-8)11-6-4-3-5-10/h3-4,7H,2,5-6,10H2,1H3,(H,11,12)/b4-3+. The Kier molecular flexibility index (Phi) is 4.49. The van der Waals surface area contributed by atoms with Crippen LogP contribution in [0.1, 0.15) is 12.6 Å². The van der Waals surface area contributed by atoms with E-state index < -0.39 is 0 Å². The van der Waals surface area contributed by atoms with Gasteiger partial charge >= 0.3 is 0 Å². The van der Waals surface area contributed by atoms with E-state index in [9.17, 15) is 0 Å². The van der Waals surface area contributed by atoms with Crippen molar-refractivity contribution in [1.29, 1.82) is 0 Å². The molecule has 3 nitrogen and oxygen atoms in total. The highest BCUT2D eigenvalue weighted by Gasteiger charge is 1.96. The van der Waals surface area contributed by atoms with Crippen LogP contribution in [-0.2, 0) is 6.42 Å². The highest BCUT2D eigenvalue weighted by Crippen LogP contribution is 2.14. The van der Waals surface area contributed by atoms with Gasteiger partial charge in [-0.25, -0.2) is 4.98 Å². The summed E-state index contributed by atoms with van der Waals surface area (Å²) in [6.45, 7) is 3.50. The molecule has 13 heavy (non-hydrogen) atoms. The Balaban J connectivity index is 2.32. The van der Waals surface area contributed by atoms with Gasteiger partial charge in [-0.2, -0.15) is 0 Å². The molecule has 0 unspecified atom stereocenters. The summed E-state index contributed by atoms with van der Waals surface area (Å²) >= 11 is 1.64. The van der Waals surface area contributed by atoms with Gasteiger partial charge in [0, 0.05) is 18.5 Å². The number of thiazole rings is 1. The zero-order valence-electron chi connectivity index (χ0n) is 7.79. The van der Waals surface area contributed by atoms with Crippen molar-refractivity contribution in [2.75, 3.05) is 18.4 Å². The Morgan fingerprint density at radius 3 is 3.08 bits per heavy atom. The molecule has 0 aliphatic rings. The van der Waals surface area contributed by atoms with Gasteiger partial charge in [0.25, 0.3) is 0 Å². The molecule has 4 heteroatoms. The van der Waals surface area contributed by atoms with Crippen molar-refractivity contribution in [1.82, 2.24) is 4.98 Å². The van der Waals surface area contributed by atoms with Crippen LogP contribution in [0, 0.1) is 0 Å². The molecule has 0 saturated heterocycles. The zero-order chi connectivity index (χ0) is 9.52. The fraction of sp³-hybridized carbons (Fsp3) is 0.444. The normalized spacial score (nSPS) is 10.9. The Bertz CT molecular complexity index is 268. The van der Waals surface area contributed by atoms with Crippen LogP contribution in [0.25, 0.3) is 0 Å². The van der Waals surface area contributed by atoms with E-state index in [4.69, 9.17) is 5.73 Å². The smallest absolute Gasteiger partial charge is 0.183 e. The van der Waals surface area contributed by atoms with E-state index in [1.165, 1.54) is 0 Å². The van der Waals surface area contributed by atoms with E-state index in [-0.39, 0.29) is 0 Å². The lowest BCUT2D eigenvalue weighted by atomic mass is 10.4. The van der Waals surface area contributed by atoms with Crippen LogP contribution in [0.2, 0.25) is 0 Å². The molecule has 0 aromatic carbocycles. The van der Waals surface area contributed by atoms with E-state index in [2.05, 4.69) is 22.6 Å².